The maximum absolute atomic E-state index is 13.9. The highest BCUT2D eigenvalue weighted by molar-refractivity contribution is 6.05. The number of nitrogens with zero attached hydrogens (tertiary/aromatic N) is 4. The van der Waals surface area contributed by atoms with Gasteiger partial charge in [-0.15, -0.1) is 0 Å². The Kier molecular flexibility index (Phi) is 4.37. The quantitative estimate of drug-likeness (QED) is 0.540. The highest BCUT2D eigenvalue weighted by atomic mass is 16.2. The Morgan fingerprint density at radius 1 is 1.03 bits per heavy atom. The Hall–Kier alpha value is -3.41. The second-order valence-electron chi connectivity index (χ2n) is 8.72. The van der Waals surface area contributed by atoms with E-state index < -0.39 is 0 Å². The zero-order chi connectivity index (χ0) is 20.8. The zero-order valence-electron chi connectivity index (χ0n) is 17.4. The maximum atomic E-state index is 13.9. The monoisotopic (exact) mass is 411 g/mol. The standard InChI is InChI=1S/C25H25N5O/c31-25(30(19-10-11-19)20-12-13-22-18(14-20)15-26-27-22)24-21-8-4-5-9-23(21)29(28-24)16-17-6-2-1-3-7-17/h1-9,15,19-20H,10-14,16H2,(H,26,27). The molecule has 1 amide bonds. The third-order valence-electron chi connectivity index (χ3n) is 6.59. The molecule has 1 N–H and O–H groups in total. The van der Waals surface area contributed by atoms with Crippen LogP contribution in [0.25, 0.3) is 10.9 Å². The first kappa shape index (κ1) is 18.4. The van der Waals surface area contributed by atoms with Crippen LogP contribution in [0.1, 0.15) is 46.6 Å². The summed E-state index contributed by atoms with van der Waals surface area (Å²) in [6.07, 6.45) is 6.88. The number of fused-ring (bicyclic) bond motifs is 2. The van der Waals surface area contributed by atoms with Crippen LogP contribution in [0, 0.1) is 0 Å². The summed E-state index contributed by atoms with van der Waals surface area (Å²) >= 11 is 0. The topological polar surface area (TPSA) is 66.8 Å². The van der Waals surface area contributed by atoms with Crippen molar-refractivity contribution < 1.29 is 4.79 Å². The van der Waals surface area contributed by atoms with Crippen molar-refractivity contribution in [1.82, 2.24) is 24.9 Å². The molecule has 0 saturated heterocycles. The molecule has 0 radical (unpaired) electrons. The second kappa shape index (κ2) is 7.38. The minimum Gasteiger partial charge on any atom is -0.331 e. The van der Waals surface area contributed by atoms with E-state index in [2.05, 4.69) is 33.3 Å². The molecule has 2 aromatic carbocycles. The number of hydrogen-bond donors (Lipinski definition) is 1. The molecule has 1 saturated carbocycles. The molecule has 0 spiro atoms. The average molecular weight is 412 g/mol. The molecule has 6 rings (SSSR count). The van der Waals surface area contributed by atoms with Crippen molar-refractivity contribution >= 4 is 16.8 Å². The number of aromatic amines is 1. The first-order valence-electron chi connectivity index (χ1n) is 11.1. The van der Waals surface area contributed by atoms with Crippen LogP contribution in [0.15, 0.2) is 60.8 Å². The van der Waals surface area contributed by atoms with E-state index >= 15 is 0 Å². The van der Waals surface area contributed by atoms with Crippen LogP contribution < -0.4 is 0 Å². The lowest BCUT2D eigenvalue weighted by molar-refractivity contribution is 0.0637. The Morgan fingerprint density at radius 2 is 1.84 bits per heavy atom. The SMILES string of the molecule is O=C(c1nn(Cc2ccccc2)c2ccccc12)N(C1CC1)C1CCc2[nH]ncc2C1. The molecule has 2 aliphatic rings. The minimum absolute atomic E-state index is 0.0717. The fourth-order valence-electron chi connectivity index (χ4n) is 4.90. The molecule has 0 aliphatic heterocycles. The molecule has 1 atom stereocenters. The number of hydrogen-bond acceptors (Lipinski definition) is 3. The molecular formula is C25H25N5O. The van der Waals surface area contributed by atoms with Gasteiger partial charge in [0.2, 0.25) is 0 Å². The Bertz CT molecular complexity index is 1240. The van der Waals surface area contributed by atoms with Gasteiger partial charge in [0.1, 0.15) is 0 Å². The third kappa shape index (κ3) is 3.32. The number of nitrogens with one attached hydrogen (secondary N) is 1. The van der Waals surface area contributed by atoms with Gasteiger partial charge in [0.25, 0.3) is 5.91 Å². The fraction of sp³-hybridized carbons (Fsp3) is 0.320. The lowest BCUT2D eigenvalue weighted by atomic mass is 9.92. The summed E-state index contributed by atoms with van der Waals surface area (Å²) in [5.41, 5.74) is 5.22. The summed E-state index contributed by atoms with van der Waals surface area (Å²) < 4.78 is 1.97. The number of para-hydroxylation sites is 1. The summed E-state index contributed by atoms with van der Waals surface area (Å²) in [5, 5.41) is 13.1. The van der Waals surface area contributed by atoms with Crippen molar-refractivity contribution in [2.24, 2.45) is 0 Å². The van der Waals surface area contributed by atoms with Crippen LogP contribution in [-0.2, 0) is 19.4 Å². The molecule has 1 fully saturated rings. The molecule has 2 aromatic heterocycles. The van der Waals surface area contributed by atoms with Gasteiger partial charge in [-0.1, -0.05) is 48.5 Å². The van der Waals surface area contributed by atoms with E-state index in [-0.39, 0.29) is 11.9 Å². The normalized spacial score (nSPS) is 18.1. The molecule has 156 valence electrons. The van der Waals surface area contributed by atoms with E-state index in [0.29, 0.717) is 18.3 Å². The van der Waals surface area contributed by atoms with Crippen LogP contribution in [0.3, 0.4) is 0 Å². The molecule has 0 bridgehead atoms. The third-order valence-corrected chi connectivity index (χ3v) is 6.59. The van der Waals surface area contributed by atoms with Gasteiger partial charge in [0, 0.05) is 23.2 Å². The van der Waals surface area contributed by atoms with Gasteiger partial charge in [-0.2, -0.15) is 10.2 Å². The van der Waals surface area contributed by atoms with E-state index in [1.807, 2.05) is 47.3 Å². The molecular weight excluding hydrogens is 386 g/mol. The lowest BCUT2D eigenvalue weighted by Crippen LogP contribution is -2.45. The number of benzene rings is 2. The summed E-state index contributed by atoms with van der Waals surface area (Å²) in [6.45, 7) is 0.653. The molecule has 6 nitrogen and oxygen atoms in total. The molecule has 6 heteroatoms. The molecule has 2 heterocycles. The molecule has 1 unspecified atom stereocenters. The first-order chi connectivity index (χ1) is 15.3. The summed E-state index contributed by atoms with van der Waals surface area (Å²) in [4.78, 5) is 16.0. The smallest absolute Gasteiger partial charge is 0.275 e. The lowest BCUT2D eigenvalue weighted by Gasteiger charge is -2.34. The van der Waals surface area contributed by atoms with Crippen molar-refractivity contribution in [3.8, 4) is 0 Å². The predicted octanol–water partition coefficient (Wildman–Crippen LogP) is 3.97. The van der Waals surface area contributed by atoms with E-state index in [9.17, 15) is 4.79 Å². The van der Waals surface area contributed by atoms with Gasteiger partial charge < -0.3 is 4.90 Å². The fourth-order valence-corrected chi connectivity index (χ4v) is 4.90. The highest BCUT2D eigenvalue weighted by Crippen LogP contribution is 2.35. The van der Waals surface area contributed by atoms with E-state index in [4.69, 9.17) is 5.10 Å². The zero-order valence-corrected chi connectivity index (χ0v) is 17.4. The number of amides is 1. The van der Waals surface area contributed by atoms with Gasteiger partial charge in [-0.05, 0) is 49.3 Å². The number of rotatable bonds is 5. The number of aromatic nitrogens is 4. The molecule has 2 aliphatic carbocycles. The van der Waals surface area contributed by atoms with Gasteiger partial charge in [0.15, 0.2) is 5.69 Å². The van der Waals surface area contributed by atoms with E-state index in [0.717, 1.165) is 43.0 Å². The van der Waals surface area contributed by atoms with Crippen LogP contribution in [0.5, 0.6) is 0 Å². The Morgan fingerprint density at radius 3 is 2.68 bits per heavy atom. The van der Waals surface area contributed by atoms with Crippen molar-refractivity contribution in [3.05, 3.63) is 83.3 Å². The largest absolute Gasteiger partial charge is 0.331 e. The minimum atomic E-state index is 0.0717. The summed E-state index contributed by atoms with van der Waals surface area (Å²) in [7, 11) is 0. The second-order valence-corrected chi connectivity index (χ2v) is 8.72. The molecule has 31 heavy (non-hydrogen) atoms. The first-order valence-corrected chi connectivity index (χ1v) is 11.1. The summed E-state index contributed by atoms with van der Waals surface area (Å²) in [5.74, 6) is 0.0717. The van der Waals surface area contributed by atoms with Crippen molar-refractivity contribution in [1.29, 1.82) is 0 Å². The van der Waals surface area contributed by atoms with Gasteiger partial charge in [0.05, 0.1) is 18.3 Å². The van der Waals surface area contributed by atoms with Gasteiger partial charge >= 0.3 is 0 Å². The average Bonchev–Trinajstić information content (AvgIpc) is 3.40. The number of carbonyl (C=O) groups excluding carboxylic acids is 1. The predicted molar refractivity (Wildman–Crippen MR) is 119 cm³/mol. The molecule has 4 aromatic rings. The Balaban J connectivity index is 1.36. The van der Waals surface area contributed by atoms with Crippen LogP contribution >= 0.6 is 0 Å². The van der Waals surface area contributed by atoms with Crippen LogP contribution in [0.4, 0.5) is 0 Å². The van der Waals surface area contributed by atoms with Crippen LogP contribution in [0.2, 0.25) is 0 Å². The Labute approximate surface area is 180 Å². The maximum Gasteiger partial charge on any atom is 0.275 e. The number of carbonyl (C=O) groups is 1. The van der Waals surface area contributed by atoms with E-state index in [1.54, 1.807) is 0 Å². The van der Waals surface area contributed by atoms with Crippen molar-refractivity contribution in [3.63, 3.8) is 0 Å². The van der Waals surface area contributed by atoms with Crippen molar-refractivity contribution in [2.45, 2.75) is 50.7 Å². The number of H-pyrrole nitrogens is 1. The number of aryl methyl sites for hydroxylation is 1. The van der Waals surface area contributed by atoms with Gasteiger partial charge in [-0.25, -0.2) is 0 Å². The highest BCUT2D eigenvalue weighted by Gasteiger charge is 2.40. The van der Waals surface area contributed by atoms with Gasteiger partial charge in [-0.3, -0.25) is 14.6 Å². The summed E-state index contributed by atoms with van der Waals surface area (Å²) in [6, 6.07) is 18.9. The van der Waals surface area contributed by atoms with E-state index in [1.165, 1.54) is 16.8 Å². The van der Waals surface area contributed by atoms with Crippen molar-refractivity contribution in [2.75, 3.05) is 0 Å². The van der Waals surface area contributed by atoms with Crippen LogP contribution in [-0.4, -0.2) is 42.9 Å².